The second kappa shape index (κ2) is 7.04. The van der Waals surface area contributed by atoms with Crippen LogP contribution < -0.4 is 0 Å². The predicted octanol–water partition coefficient (Wildman–Crippen LogP) is 15.7. The van der Waals surface area contributed by atoms with Crippen LogP contribution in [0, 0.1) is 0 Å². The first kappa shape index (κ1) is 24.3. The molecule has 0 nitrogen and oxygen atoms in total. The van der Waals surface area contributed by atoms with Gasteiger partial charge in [0, 0.05) is 0 Å². The molecule has 0 saturated heterocycles. The van der Waals surface area contributed by atoms with Crippen LogP contribution in [0.15, 0.2) is 121 Å². The van der Waals surface area contributed by atoms with Gasteiger partial charge in [-0.25, -0.2) is 0 Å². The molecule has 22 aromatic carbocycles. The third kappa shape index (κ3) is 1.99. The predicted molar refractivity (Wildman–Crippen MR) is 236 cm³/mol. The van der Waals surface area contributed by atoms with E-state index in [9.17, 15) is 0 Å². The standard InChI is InChI=1S/C54H20/c1-5-23-24-6-2-10-28-32-18-15-22-16-20-34-30-12-4-8-26-25-7-3-11-29-33-19-14-21-13-17-31-27(9-1)37(23)45-46(38(24)28)51-44(34)36(22)43(32)52-48(40(26)30)47(39(25)29)49-41(31)35(21)42(33)50(45)53(49)54(51)52/h1-20H. The Morgan fingerprint density at radius 3 is 0.556 bits per heavy atom. The molecule has 0 radical (unpaired) electrons. The molecule has 0 aliphatic heterocycles. The highest BCUT2D eigenvalue weighted by molar-refractivity contribution is 6.66. The van der Waals surface area contributed by atoms with Crippen molar-refractivity contribution in [2.45, 2.75) is 0 Å². The third-order valence-corrected chi connectivity index (χ3v) is 15.1. The average molecular weight is 669 g/mol. The Morgan fingerprint density at radius 1 is 0.130 bits per heavy atom. The minimum atomic E-state index is 1.35. The third-order valence-electron chi connectivity index (χ3n) is 15.1. The van der Waals surface area contributed by atoms with Crippen molar-refractivity contribution in [2.24, 2.45) is 0 Å². The first-order chi connectivity index (χ1) is 26.9. The van der Waals surface area contributed by atoms with Crippen molar-refractivity contribution < 1.29 is 0 Å². The van der Waals surface area contributed by atoms with Crippen molar-refractivity contribution in [1.29, 1.82) is 0 Å². The monoisotopic (exact) mass is 668 g/mol. The van der Waals surface area contributed by atoms with Gasteiger partial charge in [-0.2, -0.15) is 0 Å². The molecule has 0 aliphatic carbocycles. The van der Waals surface area contributed by atoms with Crippen LogP contribution in [-0.4, -0.2) is 0 Å². The molecule has 20 bridgehead atoms. The topological polar surface area (TPSA) is 0 Å². The fourth-order valence-corrected chi connectivity index (χ4v) is 13.6. The molecule has 0 amide bonds. The summed E-state index contributed by atoms with van der Waals surface area (Å²) in [5, 5.41) is 48.4. The fraction of sp³-hybridized carbons (Fsp3) is 0. The largest absolute Gasteiger partial charge is 0.0610 e. The summed E-state index contributed by atoms with van der Waals surface area (Å²) in [6.07, 6.45) is 0. The van der Waals surface area contributed by atoms with Crippen LogP contribution in [-0.2, 0) is 0 Å². The molecule has 22 rings (SSSR count). The number of hydrogen-bond donors (Lipinski definition) is 0. The Balaban J connectivity index is 1.52. The van der Waals surface area contributed by atoms with E-state index in [0.717, 1.165) is 0 Å². The van der Waals surface area contributed by atoms with Gasteiger partial charge in [0.2, 0.25) is 0 Å². The van der Waals surface area contributed by atoms with Gasteiger partial charge in [-0.05, 0) is 183 Å². The molecule has 0 heteroatoms. The Hall–Kier alpha value is -7.02. The highest BCUT2D eigenvalue weighted by Crippen LogP contribution is 2.64. The summed E-state index contributed by atoms with van der Waals surface area (Å²) in [7, 11) is 0. The summed E-state index contributed by atoms with van der Waals surface area (Å²) < 4.78 is 0. The smallest absolute Gasteiger partial charge is 0.000000779 e. The number of benzene rings is 14. The summed E-state index contributed by atoms with van der Waals surface area (Å²) in [6.45, 7) is 0. The van der Waals surface area contributed by atoms with Gasteiger partial charge in [0.05, 0.1) is 0 Å². The van der Waals surface area contributed by atoms with Gasteiger partial charge >= 0.3 is 0 Å². The minimum absolute atomic E-state index is 1.35. The molecule has 0 unspecified atom stereocenters. The highest BCUT2D eigenvalue weighted by atomic mass is 14.4. The molecule has 0 saturated carbocycles. The zero-order chi connectivity index (χ0) is 33.8. The van der Waals surface area contributed by atoms with Crippen LogP contribution in [0.4, 0.5) is 0 Å². The lowest BCUT2D eigenvalue weighted by Gasteiger charge is -2.32. The molecule has 0 N–H and O–H groups in total. The quantitative estimate of drug-likeness (QED) is 0.111. The van der Waals surface area contributed by atoms with E-state index in [4.69, 9.17) is 0 Å². The summed E-state index contributed by atoms with van der Waals surface area (Å²) in [5.41, 5.74) is 0. The van der Waals surface area contributed by atoms with Gasteiger partial charge < -0.3 is 0 Å². The molecule has 22 aromatic rings. The summed E-state index contributed by atoms with van der Waals surface area (Å²) in [6, 6.07) is 48.3. The number of rotatable bonds is 0. The molecule has 0 aromatic heterocycles. The Bertz CT molecular complexity index is 4090. The normalized spacial score (nSPS) is 14.3. The van der Waals surface area contributed by atoms with E-state index in [1.807, 2.05) is 0 Å². The molecule has 0 aliphatic rings. The van der Waals surface area contributed by atoms with Crippen molar-refractivity contribution in [3.05, 3.63) is 121 Å². The first-order valence-corrected chi connectivity index (χ1v) is 19.4. The lowest BCUT2D eigenvalue weighted by atomic mass is 9.70. The van der Waals surface area contributed by atoms with E-state index in [1.165, 1.54) is 183 Å². The van der Waals surface area contributed by atoms with Crippen LogP contribution in [0.1, 0.15) is 0 Å². The van der Waals surface area contributed by atoms with Crippen LogP contribution >= 0.6 is 0 Å². The Labute approximate surface area is 303 Å². The second-order valence-corrected chi connectivity index (χ2v) is 16.8. The molecule has 0 atom stereocenters. The SMILES string of the molecule is c1cc2c3cccc4c5ccc6ccc7c8cccc9c%10cccc%11c%12ccc%13ccc%14c(c1)c2c1c(c34)c2c7c6c5c3c(c98)c(c%10%11)c4c%14c%13c%12c1c4c23. The Morgan fingerprint density at radius 2 is 0.315 bits per heavy atom. The number of fused-ring (bicyclic) bond motifs is 2. The van der Waals surface area contributed by atoms with Crippen LogP contribution in [0.5, 0.6) is 0 Å². The molecule has 236 valence electrons. The summed E-state index contributed by atoms with van der Waals surface area (Å²) in [5.74, 6) is 0. The zero-order valence-corrected chi connectivity index (χ0v) is 28.5. The van der Waals surface area contributed by atoms with E-state index >= 15 is 0 Å². The maximum atomic E-state index is 2.47. The molecule has 0 spiro atoms. The minimum Gasteiger partial charge on any atom is -0.0610 e. The van der Waals surface area contributed by atoms with E-state index < -0.39 is 0 Å². The van der Waals surface area contributed by atoms with Gasteiger partial charge in [0.1, 0.15) is 0 Å². The lowest BCUT2D eigenvalue weighted by molar-refractivity contribution is 1.82. The van der Waals surface area contributed by atoms with Crippen molar-refractivity contribution in [1.82, 2.24) is 0 Å². The van der Waals surface area contributed by atoms with Gasteiger partial charge in [-0.3, -0.25) is 0 Å². The van der Waals surface area contributed by atoms with Gasteiger partial charge in [-0.1, -0.05) is 121 Å². The van der Waals surface area contributed by atoms with Crippen LogP contribution in [0.3, 0.4) is 0 Å². The van der Waals surface area contributed by atoms with Crippen molar-refractivity contribution >= 4 is 183 Å². The maximum absolute atomic E-state index is 2.47. The molecular weight excluding hydrogens is 649 g/mol. The second-order valence-electron chi connectivity index (χ2n) is 16.8. The first-order valence-electron chi connectivity index (χ1n) is 19.4. The van der Waals surface area contributed by atoms with E-state index in [2.05, 4.69) is 121 Å². The summed E-state index contributed by atoms with van der Waals surface area (Å²) >= 11 is 0. The average Bonchev–Trinajstić information content (AvgIpc) is 3.20. The molecule has 0 fully saturated rings. The summed E-state index contributed by atoms with van der Waals surface area (Å²) in [4.78, 5) is 0. The van der Waals surface area contributed by atoms with Crippen molar-refractivity contribution in [2.75, 3.05) is 0 Å². The van der Waals surface area contributed by atoms with E-state index in [0.29, 0.717) is 0 Å². The van der Waals surface area contributed by atoms with Gasteiger partial charge in [-0.15, -0.1) is 0 Å². The highest BCUT2D eigenvalue weighted by Gasteiger charge is 2.35. The van der Waals surface area contributed by atoms with Gasteiger partial charge in [0.15, 0.2) is 0 Å². The lowest BCUT2D eigenvalue weighted by Crippen LogP contribution is -2.03. The molecule has 0 heterocycles. The zero-order valence-electron chi connectivity index (χ0n) is 28.5. The van der Waals surface area contributed by atoms with Crippen LogP contribution in [0.25, 0.3) is 183 Å². The molecule has 54 heavy (non-hydrogen) atoms. The van der Waals surface area contributed by atoms with E-state index in [-0.39, 0.29) is 0 Å². The van der Waals surface area contributed by atoms with Gasteiger partial charge in [0.25, 0.3) is 0 Å². The van der Waals surface area contributed by atoms with Crippen molar-refractivity contribution in [3.63, 3.8) is 0 Å². The number of hydrogen-bond acceptors (Lipinski definition) is 0. The maximum Gasteiger partial charge on any atom is -0.000000779 e. The van der Waals surface area contributed by atoms with Crippen LogP contribution in [0.2, 0.25) is 0 Å². The van der Waals surface area contributed by atoms with Crippen molar-refractivity contribution in [3.8, 4) is 0 Å². The Kier molecular flexibility index (Phi) is 3.16. The molecular formula is C54H20. The van der Waals surface area contributed by atoms with E-state index in [1.54, 1.807) is 0 Å². The fourth-order valence-electron chi connectivity index (χ4n) is 13.6.